The normalized spacial score (nSPS) is 10.5. The first-order valence-corrected chi connectivity index (χ1v) is 3.65. The van der Waals surface area contributed by atoms with Crippen molar-refractivity contribution in [1.82, 2.24) is 9.97 Å². The van der Waals surface area contributed by atoms with Crippen LogP contribution in [-0.2, 0) is 0 Å². The minimum absolute atomic E-state index is 0.116. The van der Waals surface area contributed by atoms with E-state index in [9.17, 15) is 4.79 Å². The van der Waals surface area contributed by atoms with Gasteiger partial charge in [0.2, 0.25) is 0 Å². The number of nitrogens with two attached hydrogens (primary N) is 1. The zero-order valence-electron chi connectivity index (χ0n) is 6.61. The molecule has 0 radical (unpaired) electrons. The van der Waals surface area contributed by atoms with Gasteiger partial charge in [-0.1, -0.05) is 0 Å². The van der Waals surface area contributed by atoms with E-state index in [-0.39, 0.29) is 11.4 Å². The monoisotopic (exact) mass is 177 g/mol. The summed E-state index contributed by atoms with van der Waals surface area (Å²) in [6, 6.07) is 3.37. The van der Waals surface area contributed by atoms with Gasteiger partial charge in [0, 0.05) is 11.6 Å². The Hall–Kier alpha value is -2.04. The molecule has 13 heavy (non-hydrogen) atoms. The van der Waals surface area contributed by atoms with Crippen LogP contribution in [0.5, 0.6) is 0 Å². The van der Waals surface area contributed by atoms with E-state index >= 15 is 0 Å². The quantitative estimate of drug-likeness (QED) is 0.601. The van der Waals surface area contributed by atoms with Gasteiger partial charge in [-0.2, -0.15) is 0 Å². The first kappa shape index (κ1) is 7.60. The third-order valence-corrected chi connectivity index (χ3v) is 1.77. The number of H-pyrrole nitrogens is 1. The van der Waals surface area contributed by atoms with Crippen LogP contribution in [-0.4, -0.2) is 21.0 Å². The van der Waals surface area contributed by atoms with E-state index in [1.54, 1.807) is 18.3 Å². The number of nitrogens with one attached hydrogen (secondary N) is 1. The molecule has 0 amide bonds. The number of anilines is 1. The number of aromatic carboxylic acids is 1. The molecule has 0 fully saturated rings. The van der Waals surface area contributed by atoms with Gasteiger partial charge >= 0.3 is 5.97 Å². The molecule has 5 nitrogen and oxygen atoms in total. The summed E-state index contributed by atoms with van der Waals surface area (Å²) < 4.78 is 0. The maximum absolute atomic E-state index is 10.6. The van der Waals surface area contributed by atoms with E-state index in [0.717, 1.165) is 5.39 Å². The molecule has 0 bridgehead atoms. The van der Waals surface area contributed by atoms with Crippen molar-refractivity contribution in [2.45, 2.75) is 0 Å². The van der Waals surface area contributed by atoms with Crippen LogP contribution in [0.1, 0.15) is 10.5 Å². The second kappa shape index (κ2) is 2.48. The Labute approximate surface area is 73.2 Å². The molecule has 0 aliphatic heterocycles. The summed E-state index contributed by atoms with van der Waals surface area (Å²) in [5, 5.41) is 9.51. The largest absolute Gasteiger partial charge is 0.476 e. The molecule has 0 atom stereocenters. The molecule has 4 N–H and O–H groups in total. The van der Waals surface area contributed by atoms with Crippen LogP contribution in [0.3, 0.4) is 0 Å². The fraction of sp³-hybridized carbons (Fsp3) is 0. The Morgan fingerprint density at radius 2 is 2.38 bits per heavy atom. The number of carboxylic acids is 1. The standard InChI is InChI=1S/C8H7N3O2/c9-5-3-4-1-2-10-7(4)11-6(5)8(12)13/h1-3H,9H2,(H,10,11)(H,12,13). The van der Waals surface area contributed by atoms with Crippen molar-refractivity contribution in [3.8, 4) is 0 Å². The third-order valence-electron chi connectivity index (χ3n) is 1.77. The van der Waals surface area contributed by atoms with Gasteiger partial charge in [-0.05, 0) is 12.1 Å². The summed E-state index contributed by atoms with van der Waals surface area (Å²) >= 11 is 0. The number of carbonyl (C=O) groups is 1. The fourth-order valence-corrected chi connectivity index (χ4v) is 1.17. The average molecular weight is 177 g/mol. The number of nitrogen functional groups attached to an aromatic ring is 1. The molecule has 0 aliphatic carbocycles. The van der Waals surface area contributed by atoms with Crippen molar-refractivity contribution in [1.29, 1.82) is 0 Å². The zero-order chi connectivity index (χ0) is 9.42. The van der Waals surface area contributed by atoms with Gasteiger partial charge in [-0.3, -0.25) is 0 Å². The zero-order valence-corrected chi connectivity index (χ0v) is 6.61. The lowest BCUT2D eigenvalue weighted by atomic mass is 10.2. The second-order valence-corrected chi connectivity index (χ2v) is 2.65. The molecule has 0 unspecified atom stereocenters. The second-order valence-electron chi connectivity index (χ2n) is 2.65. The van der Waals surface area contributed by atoms with E-state index in [2.05, 4.69) is 9.97 Å². The van der Waals surface area contributed by atoms with Crippen LogP contribution in [0.4, 0.5) is 5.69 Å². The smallest absolute Gasteiger partial charge is 0.356 e. The van der Waals surface area contributed by atoms with Gasteiger partial charge in [0.1, 0.15) is 5.65 Å². The average Bonchev–Trinajstić information content (AvgIpc) is 2.48. The molecule has 0 aliphatic rings. The molecule has 0 saturated heterocycles. The summed E-state index contributed by atoms with van der Waals surface area (Å²) in [6.45, 7) is 0. The lowest BCUT2D eigenvalue weighted by Gasteiger charge is -1.98. The number of carboxylic acid groups (broad SMARTS) is 1. The minimum atomic E-state index is -1.12. The van der Waals surface area contributed by atoms with Crippen LogP contribution < -0.4 is 5.73 Å². The van der Waals surface area contributed by atoms with E-state index in [1.165, 1.54) is 0 Å². The van der Waals surface area contributed by atoms with Gasteiger partial charge in [-0.25, -0.2) is 9.78 Å². The predicted molar refractivity (Wildman–Crippen MR) is 47.5 cm³/mol. The molecule has 2 aromatic rings. The first-order valence-electron chi connectivity index (χ1n) is 3.65. The van der Waals surface area contributed by atoms with E-state index in [4.69, 9.17) is 10.8 Å². The summed E-state index contributed by atoms with van der Waals surface area (Å²) in [5.74, 6) is -1.12. The number of rotatable bonds is 1. The predicted octanol–water partition coefficient (Wildman–Crippen LogP) is 0.843. The summed E-state index contributed by atoms with van der Waals surface area (Å²) in [6.07, 6.45) is 1.68. The van der Waals surface area contributed by atoms with Crippen molar-refractivity contribution in [2.75, 3.05) is 5.73 Å². The molecule has 2 rings (SSSR count). The van der Waals surface area contributed by atoms with Crippen LogP contribution in [0.15, 0.2) is 18.3 Å². The highest BCUT2D eigenvalue weighted by Crippen LogP contribution is 2.16. The van der Waals surface area contributed by atoms with Crippen molar-refractivity contribution in [2.24, 2.45) is 0 Å². The van der Waals surface area contributed by atoms with Gasteiger partial charge < -0.3 is 15.8 Å². The van der Waals surface area contributed by atoms with E-state index in [1.807, 2.05) is 0 Å². The Morgan fingerprint density at radius 1 is 1.62 bits per heavy atom. The van der Waals surface area contributed by atoms with Crippen molar-refractivity contribution in [3.05, 3.63) is 24.0 Å². The number of fused-ring (bicyclic) bond motifs is 1. The van der Waals surface area contributed by atoms with Gasteiger partial charge in [-0.15, -0.1) is 0 Å². The van der Waals surface area contributed by atoms with Crippen molar-refractivity contribution < 1.29 is 9.90 Å². The van der Waals surface area contributed by atoms with E-state index < -0.39 is 5.97 Å². The Bertz CT molecular complexity index is 475. The molecule has 0 aromatic carbocycles. The molecule has 5 heteroatoms. The molecule has 2 aromatic heterocycles. The molecule has 0 saturated carbocycles. The lowest BCUT2D eigenvalue weighted by Crippen LogP contribution is -2.05. The lowest BCUT2D eigenvalue weighted by molar-refractivity contribution is 0.0692. The highest BCUT2D eigenvalue weighted by atomic mass is 16.4. The summed E-state index contributed by atoms with van der Waals surface area (Å²) in [5.41, 5.74) is 6.09. The molecule has 2 heterocycles. The number of pyridine rings is 1. The molecule has 0 spiro atoms. The maximum Gasteiger partial charge on any atom is 0.356 e. The number of aromatic amines is 1. The number of aromatic nitrogens is 2. The van der Waals surface area contributed by atoms with Crippen LogP contribution >= 0.6 is 0 Å². The number of hydrogen-bond acceptors (Lipinski definition) is 3. The first-order chi connectivity index (χ1) is 6.18. The number of nitrogens with zero attached hydrogens (tertiary/aromatic N) is 1. The SMILES string of the molecule is Nc1cc2cc[nH]c2nc1C(=O)O. The maximum atomic E-state index is 10.6. The Kier molecular flexibility index (Phi) is 1.45. The van der Waals surface area contributed by atoms with Crippen molar-refractivity contribution in [3.63, 3.8) is 0 Å². The van der Waals surface area contributed by atoms with Gasteiger partial charge in [0.05, 0.1) is 5.69 Å². The van der Waals surface area contributed by atoms with Gasteiger partial charge in [0.25, 0.3) is 0 Å². The summed E-state index contributed by atoms with van der Waals surface area (Å²) in [7, 11) is 0. The summed E-state index contributed by atoms with van der Waals surface area (Å²) in [4.78, 5) is 17.3. The van der Waals surface area contributed by atoms with Gasteiger partial charge in [0.15, 0.2) is 5.69 Å². The highest BCUT2D eigenvalue weighted by molar-refractivity contribution is 5.95. The van der Waals surface area contributed by atoms with Crippen LogP contribution in [0, 0.1) is 0 Å². The van der Waals surface area contributed by atoms with Crippen molar-refractivity contribution >= 4 is 22.7 Å². The minimum Gasteiger partial charge on any atom is -0.476 e. The molecule has 66 valence electrons. The molecular weight excluding hydrogens is 170 g/mol. The highest BCUT2D eigenvalue weighted by Gasteiger charge is 2.11. The Morgan fingerprint density at radius 3 is 3.08 bits per heavy atom. The van der Waals surface area contributed by atoms with Crippen LogP contribution in [0.25, 0.3) is 11.0 Å². The fourth-order valence-electron chi connectivity index (χ4n) is 1.17. The van der Waals surface area contributed by atoms with E-state index in [0.29, 0.717) is 5.65 Å². The molecular formula is C8H7N3O2. The number of hydrogen-bond donors (Lipinski definition) is 3. The third kappa shape index (κ3) is 1.10. The Balaban J connectivity index is 2.76. The topological polar surface area (TPSA) is 92.0 Å². The van der Waals surface area contributed by atoms with Crippen LogP contribution in [0.2, 0.25) is 0 Å².